The van der Waals surface area contributed by atoms with Crippen LogP contribution in [0.2, 0.25) is 0 Å². The summed E-state index contributed by atoms with van der Waals surface area (Å²) < 4.78 is 0. The van der Waals surface area contributed by atoms with Crippen molar-refractivity contribution >= 4 is 36.1 Å². The summed E-state index contributed by atoms with van der Waals surface area (Å²) in [6.07, 6.45) is 0. The second kappa shape index (κ2) is 16.2. The van der Waals surface area contributed by atoms with Crippen LogP contribution in [-0.4, -0.2) is 0 Å². The zero-order chi connectivity index (χ0) is 2.71. The van der Waals surface area contributed by atoms with E-state index >= 15 is 0 Å². The topological polar surface area (TPSA) is 0 Å². The number of halogens is 2. The number of hydrogen-bond acceptors (Lipinski definition) is 0. The Labute approximate surface area is 64.4 Å². The molecule has 0 amide bonds. The van der Waals surface area contributed by atoms with E-state index in [0.29, 0.717) is 0 Å². The van der Waals surface area contributed by atoms with Crippen molar-refractivity contribution in [2.24, 2.45) is 0 Å². The molecular formula is C2H6I2Zr. The molecule has 0 spiro atoms. The van der Waals surface area contributed by atoms with Crippen LogP contribution >= 0.6 is 36.1 Å². The maximum absolute atomic E-state index is 2.45. The Hall–Kier alpha value is 2.34. The first kappa shape index (κ1) is 15.7. The average molecular weight is 375 g/mol. The Kier molecular flexibility index (Phi) is 50.8. The van der Waals surface area contributed by atoms with Gasteiger partial charge in [-0.25, -0.2) is 0 Å². The van der Waals surface area contributed by atoms with E-state index in [-0.39, 0.29) is 29.7 Å². The van der Waals surface area contributed by atoms with Crippen LogP contribution in [0.15, 0.2) is 0 Å². The van der Waals surface area contributed by atoms with Crippen LogP contribution in [0.3, 0.4) is 0 Å². The third-order valence-electron chi connectivity index (χ3n) is 0. The molecule has 32 valence electrons. The Balaban J connectivity index is -0.0000000200. The van der Waals surface area contributed by atoms with Crippen LogP contribution < -0.4 is 0 Å². The van der Waals surface area contributed by atoms with Crippen molar-refractivity contribution in [1.29, 1.82) is 0 Å². The van der Waals surface area contributed by atoms with Gasteiger partial charge >= 0.3 is 50.9 Å². The fourth-order valence-corrected chi connectivity index (χ4v) is 0. The first-order chi connectivity index (χ1) is 1.41. The molecule has 0 aromatic heterocycles. The molecule has 0 saturated carbocycles. The van der Waals surface area contributed by atoms with Crippen LogP contribution in [0.1, 0.15) is 0 Å². The monoisotopic (exact) mass is 374 g/mol. The summed E-state index contributed by atoms with van der Waals surface area (Å²) in [5.74, 6) is 0. The molecule has 0 unspecified atom stereocenters. The molecule has 0 nitrogen and oxygen atoms in total. The van der Waals surface area contributed by atoms with Crippen LogP contribution in [-0.2, 0) is 14.9 Å². The van der Waals surface area contributed by atoms with E-state index in [1.54, 1.807) is 0 Å². The van der Waals surface area contributed by atoms with Gasteiger partial charge in [0.2, 0.25) is 0 Å². The number of hydrogen-bond donors (Lipinski definition) is 0. The zero-order valence-electron chi connectivity index (χ0n) is 3.26. The van der Waals surface area contributed by atoms with E-state index in [4.69, 9.17) is 0 Å². The molecule has 0 aliphatic carbocycles. The summed E-state index contributed by atoms with van der Waals surface area (Å²) in [6.45, 7) is 0. The maximum atomic E-state index is 2.45. The van der Waals surface area contributed by atoms with Gasteiger partial charge in [0, 0.05) is 0 Å². The molecule has 0 saturated heterocycles. The van der Waals surface area contributed by atoms with Crippen molar-refractivity contribution in [3.05, 3.63) is 14.9 Å². The van der Waals surface area contributed by atoms with Gasteiger partial charge in [-0.2, -0.15) is 0 Å². The third-order valence-corrected chi connectivity index (χ3v) is 0. The Bertz CT molecular complexity index is 7.61. The standard InChI is InChI=1S/2CH3.2HI.Zr/h2*1H3;2*1H;/q2*-1;;;+4/p-2. The van der Waals surface area contributed by atoms with Crippen molar-refractivity contribution in [2.45, 2.75) is 0 Å². The summed E-state index contributed by atoms with van der Waals surface area (Å²) >= 11 is 5.06. The Morgan fingerprint density at radius 2 is 1.00 bits per heavy atom. The van der Waals surface area contributed by atoms with Crippen molar-refractivity contribution in [3.8, 4) is 0 Å². The summed E-state index contributed by atoms with van der Waals surface area (Å²) in [5, 5.41) is 0. The molecule has 0 radical (unpaired) electrons. The van der Waals surface area contributed by atoms with Gasteiger partial charge in [0.05, 0.1) is 0 Å². The minimum atomic E-state index is 0. The summed E-state index contributed by atoms with van der Waals surface area (Å²) in [4.78, 5) is 0. The molecule has 0 N–H and O–H groups in total. The van der Waals surface area contributed by atoms with Crippen LogP contribution in [0, 0.1) is 14.9 Å². The van der Waals surface area contributed by atoms with Gasteiger partial charge in [-0.3, -0.25) is 0 Å². The summed E-state index contributed by atoms with van der Waals surface area (Å²) in [6, 6.07) is 0. The zero-order valence-corrected chi connectivity index (χ0v) is 10.0. The second-order valence-electron chi connectivity index (χ2n) is 0.0714. The Morgan fingerprint density at radius 1 is 1.00 bits per heavy atom. The first-order valence-corrected chi connectivity index (χ1v) is 15.0. The predicted octanol–water partition coefficient (Wildman–Crippen LogP) is 2.67. The van der Waals surface area contributed by atoms with E-state index in [2.05, 4.69) is 36.1 Å². The molecule has 0 aliphatic rings. The van der Waals surface area contributed by atoms with Gasteiger partial charge in [0.25, 0.3) is 0 Å². The van der Waals surface area contributed by atoms with Crippen LogP contribution in [0.25, 0.3) is 0 Å². The summed E-state index contributed by atoms with van der Waals surface area (Å²) in [5.41, 5.74) is 0. The number of rotatable bonds is 0. The molecule has 0 bridgehead atoms. The molecule has 0 heterocycles. The molecular weight excluding hydrogens is 369 g/mol. The quantitative estimate of drug-likeness (QED) is 0.451. The van der Waals surface area contributed by atoms with E-state index in [9.17, 15) is 0 Å². The van der Waals surface area contributed by atoms with Crippen molar-refractivity contribution in [3.63, 3.8) is 0 Å². The van der Waals surface area contributed by atoms with Gasteiger partial charge in [0.15, 0.2) is 0 Å². The van der Waals surface area contributed by atoms with Gasteiger partial charge < -0.3 is 14.9 Å². The summed E-state index contributed by atoms with van der Waals surface area (Å²) in [7, 11) is 0. The van der Waals surface area contributed by atoms with E-state index in [1.165, 1.54) is 0 Å². The minimum absolute atomic E-state index is 0. The second-order valence-corrected chi connectivity index (χ2v) is 19.0. The Morgan fingerprint density at radius 3 is 1.00 bits per heavy atom. The average Bonchev–Trinajstić information content (AvgIpc) is 0.918. The molecule has 0 atom stereocenters. The normalized spacial score (nSPS) is 2.00. The van der Waals surface area contributed by atoms with E-state index in [1.807, 2.05) is 0 Å². The van der Waals surface area contributed by atoms with Gasteiger partial charge in [-0.05, 0) is 0 Å². The van der Waals surface area contributed by atoms with Crippen LogP contribution in [0.5, 0.6) is 0 Å². The molecule has 0 rings (SSSR count). The van der Waals surface area contributed by atoms with Crippen molar-refractivity contribution in [2.75, 3.05) is 0 Å². The van der Waals surface area contributed by atoms with Crippen LogP contribution in [0.4, 0.5) is 0 Å². The molecule has 0 fully saturated rings. The third kappa shape index (κ3) is 21.8. The SMILES string of the molecule is [CH3-].[CH3-].[I][Zr+2][I]. The molecule has 5 heavy (non-hydrogen) atoms. The molecule has 0 aliphatic heterocycles. The van der Waals surface area contributed by atoms with Gasteiger partial charge in [-0.15, -0.1) is 0 Å². The van der Waals surface area contributed by atoms with Gasteiger partial charge in [-0.1, -0.05) is 0 Å². The first-order valence-electron chi connectivity index (χ1n) is 0.378. The molecule has 0 aromatic rings. The van der Waals surface area contributed by atoms with Crippen molar-refractivity contribution < 1.29 is 14.9 Å². The van der Waals surface area contributed by atoms with Gasteiger partial charge in [0.1, 0.15) is 0 Å². The van der Waals surface area contributed by atoms with E-state index < -0.39 is 0 Å². The predicted molar refractivity (Wildman–Crippen MR) is 40.9 cm³/mol. The van der Waals surface area contributed by atoms with E-state index in [0.717, 1.165) is 0 Å². The fraction of sp³-hybridized carbons (Fsp3) is 0. The fourth-order valence-electron chi connectivity index (χ4n) is 0. The molecule has 0 aromatic carbocycles. The van der Waals surface area contributed by atoms with Crippen molar-refractivity contribution in [1.82, 2.24) is 0 Å². The molecule has 3 heteroatoms.